The van der Waals surface area contributed by atoms with Crippen molar-refractivity contribution >= 4 is 23.3 Å². The van der Waals surface area contributed by atoms with E-state index in [-0.39, 0.29) is 12.5 Å². The van der Waals surface area contributed by atoms with Crippen LogP contribution in [0.4, 0.5) is 5.82 Å². The molecule has 0 spiro atoms. The number of hydrogen-bond donors (Lipinski definition) is 0. The van der Waals surface area contributed by atoms with Gasteiger partial charge in [0.15, 0.2) is 6.61 Å². The normalized spacial score (nSPS) is 14.3. The molecule has 0 unspecified atom stereocenters. The largest absolute Gasteiger partial charge is 0.482 e. The fourth-order valence-corrected chi connectivity index (χ4v) is 2.89. The number of rotatable bonds is 7. The maximum absolute atomic E-state index is 12.4. The van der Waals surface area contributed by atoms with E-state index in [1.54, 1.807) is 11.0 Å². The SMILES string of the molecule is CC(C)COc1cc(N2CCN(C(=O)COc3cncc(Cl)c3)CC2)ncn1. The first-order valence-corrected chi connectivity index (χ1v) is 9.60. The van der Waals surface area contributed by atoms with Gasteiger partial charge in [0.25, 0.3) is 5.91 Å². The Bertz CT molecular complexity index is 797. The van der Waals surface area contributed by atoms with Crippen LogP contribution in [0.5, 0.6) is 11.6 Å². The fourth-order valence-electron chi connectivity index (χ4n) is 2.73. The summed E-state index contributed by atoms with van der Waals surface area (Å²) in [7, 11) is 0. The number of carbonyl (C=O) groups is 1. The van der Waals surface area contributed by atoms with Crippen molar-refractivity contribution in [2.45, 2.75) is 13.8 Å². The van der Waals surface area contributed by atoms with E-state index in [9.17, 15) is 4.79 Å². The molecular formula is C19H24ClN5O3. The van der Waals surface area contributed by atoms with Crippen LogP contribution in [0.2, 0.25) is 5.02 Å². The minimum atomic E-state index is -0.0664. The number of piperazine rings is 1. The lowest BCUT2D eigenvalue weighted by atomic mass is 10.2. The summed E-state index contributed by atoms with van der Waals surface area (Å²) >= 11 is 5.87. The van der Waals surface area contributed by atoms with Crippen molar-refractivity contribution in [3.8, 4) is 11.6 Å². The molecule has 1 fully saturated rings. The molecular weight excluding hydrogens is 382 g/mol. The number of pyridine rings is 1. The summed E-state index contributed by atoms with van der Waals surface area (Å²) in [4.78, 5) is 28.7. The van der Waals surface area contributed by atoms with Crippen molar-refractivity contribution in [1.82, 2.24) is 19.9 Å². The Morgan fingerprint density at radius 3 is 2.64 bits per heavy atom. The number of carbonyl (C=O) groups excluding carboxylic acids is 1. The van der Waals surface area contributed by atoms with Gasteiger partial charge in [0.05, 0.1) is 17.8 Å². The average molecular weight is 406 g/mol. The first-order valence-electron chi connectivity index (χ1n) is 9.22. The molecule has 0 aliphatic carbocycles. The highest BCUT2D eigenvalue weighted by Gasteiger charge is 2.22. The van der Waals surface area contributed by atoms with Gasteiger partial charge in [-0.2, -0.15) is 0 Å². The van der Waals surface area contributed by atoms with Gasteiger partial charge in [-0.15, -0.1) is 0 Å². The zero-order valence-corrected chi connectivity index (χ0v) is 16.8. The zero-order valence-electron chi connectivity index (χ0n) is 16.0. The van der Waals surface area contributed by atoms with Crippen molar-refractivity contribution in [3.63, 3.8) is 0 Å². The van der Waals surface area contributed by atoms with Gasteiger partial charge < -0.3 is 19.3 Å². The molecule has 0 N–H and O–H groups in total. The van der Waals surface area contributed by atoms with E-state index in [2.05, 4.69) is 33.7 Å². The molecule has 1 aliphatic heterocycles. The van der Waals surface area contributed by atoms with Crippen molar-refractivity contribution in [2.75, 3.05) is 44.3 Å². The molecule has 0 radical (unpaired) electrons. The number of aromatic nitrogens is 3. The Balaban J connectivity index is 1.48. The Morgan fingerprint density at radius 1 is 1.14 bits per heavy atom. The lowest BCUT2D eigenvalue weighted by Gasteiger charge is -2.35. The number of hydrogen-bond acceptors (Lipinski definition) is 7. The molecule has 1 amide bonds. The van der Waals surface area contributed by atoms with Crippen LogP contribution >= 0.6 is 11.6 Å². The van der Waals surface area contributed by atoms with E-state index in [0.29, 0.717) is 55.4 Å². The van der Waals surface area contributed by atoms with Gasteiger partial charge >= 0.3 is 0 Å². The van der Waals surface area contributed by atoms with E-state index < -0.39 is 0 Å². The lowest BCUT2D eigenvalue weighted by molar-refractivity contribution is -0.133. The summed E-state index contributed by atoms with van der Waals surface area (Å²) in [6.45, 7) is 7.32. The minimum Gasteiger partial charge on any atom is -0.482 e. The van der Waals surface area contributed by atoms with Crippen LogP contribution in [0.15, 0.2) is 30.9 Å². The van der Waals surface area contributed by atoms with E-state index in [4.69, 9.17) is 21.1 Å². The smallest absolute Gasteiger partial charge is 0.260 e. The third-order valence-electron chi connectivity index (χ3n) is 4.19. The summed E-state index contributed by atoms with van der Waals surface area (Å²) in [5.74, 6) is 2.22. The second kappa shape index (κ2) is 9.54. The summed E-state index contributed by atoms with van der Waals surface area (Å²) in [5, 5.41) is 0.472. The van der Waals surface area contributed by atoms with Crippen LogP contribution in [0, 0.1) is 5.92 Å². The first kappa shape index (κ1) is 20.1. The van der Waals surface area contributed by atoms with Gasteiger partial charge in [-0.1, -0.05) is 25.4 Å². The Hall–Kier alpha value is -2.61. The topological polar surface area (TPSA) is 80.7 Å². The van der Waals surface area contributed by atoms with Crippen LogP contribution in [0.3, 0.4) is 0 Å². The predicted molar refractivity (Wildman–Crippen MR) is 106 cm³/mol. The molecule has 0 atom stereocenters. The fraction of sp³-hybridized carbons (Fsp3) is 0.474. The maximum atomic E-state index is 12.4. The third-order valence-corrected chi connectivity index (χ3v) is 4.40. The predicted octanol–water partition coefficient (Wildman–Crippen LogP) is 2.29. The molecule has 2 aromatic heterocycles. The molecule has 2 aromatic rings. The zero-order chi connectivity index (χ0) is 19.9. The van der Waals surface area contributed by atoms with Gasteiger partial charge in [-0.05, 0) is 5.92 Å². The van der Waals surface area contributed by atoms with Crippen molar-refractivity contribution in [3.05, 3.63) is 35.9 Å². The van der Waals surface area contributed by atoms with E-state index >= 15 is 0 Å². The van der Waals surface area contributed by atoms with Crippen molar-refractivity contribution in [1.29, 1.82) is 0 Å². The molecule has 3 heterocycles. The number of nitrogens with zero attached hydrogens (tertiary/aromatic N) is 5. The van der Waals surface area contributed by atoms with Gasteiger partial charge in [0.2, 0.25) is 5.88 Å². The highest BCUT2D eigenvalue weighted by atomic mass is 35.5. The molecule has 1 saturated heterocycles. The number of halogens is 1. The van der Waals surface area contributed by atoms with E-state index in [1.807, 2.05) is 6.07 Å². The summed E-state index contributed by atoms with van der Waals surface area (Å²) in [6, 6.07) is 3.48. The van der Waals surface area contributed by atoms with Crippen LogP contribution in [0.25, 0.3) is 0 Å². The minimum absolute atomic E-state index is 0.0390. The Kier molecular flexibility index (Phi) is 6.86. The van der Waals surface area contributed by atoms with Gasteiger partial charge in [-0.25, -0.2) is 9.97 Å². The Labute approximate surface area is 169 Å². The molecule has 0 saturated carbocycles. The summed E-state index contributed by atoms with van der Waals surface area (Å²) < 4.78 is 11.2. The summed E-state index contributed by atoms with van der Waals surface area (Å²) in [5.41, 5.74) is 0. The highest BCUT2D eigenvalue weighted by molar-refractivity contribution is 6.30. The van der Waals surface area contributed by atoms with Crippen molar-refractivity contribution < 1.29 is 14.3 Å². The molecule has 28 heavy (non-hydrogen) atoms. The molecule has 8 nitrogen and oxygen atoms in total. The van der Waals surface area contributed by atoms with Crippen LogP contribution < -0.4 is 14.4 Å². The van der Waals surface area contributed by atoms with E-state index in [1.165, 1.54) is 18.7 Å². The standard InChI is InChI=1S/C19H24ClN5O3/c1-14(2)11-28-18-8-17(22-13-23-18)24-3-5-25(6-4-24)19(26)12-27-16-7-15(20)9-21-10-16/h7-10,13-14H,3-6,11-12H2,1-2H3. The van der Waals surface area contributed by atoms with Crippen molar-refractivity contribution in [2.24, 2.45) is 5.92 Å². The Morgan fingerprint density at radius 2 is 1.93 bits per heavy atom. The number of anilines is 1. The average Bonchev–Trinajstić information content (AvgIpc) is 2.71. The molecule has 0 aromatic carbocycles. The quantitative estimate of drug-likeness (QED) is 0.699. The molecule has 1 aliphatic rings. The van der Waals surface area contributed by atoms with E-state index in [0.717, 1.165) is 5.82 Å². The number of ether oxygens (including phenoxy) is 2. The van der Waals surface area contributed by atoms with Crippen LogP contribution in [0.1, 0.15) is 13.8 Å². The lowest BCUT2D eigenvalue weighted by Crippen LogP contribution is -2.50. The van der Waals surface area contributed by atoms with Gasteiger partial charge in [0, 0.05) is 44.5 Å². The highest BCUT2D eigenvalue weighted by Crippen LogP contribution is 2.19. The number of amides is 1. The first-order chi connectivity index (χ1) is 13.5. The second-order valence-corrected chi connectivity index (χ2v) is 7.35. The van der Waals surface area contributed by atoms with Crippen LogP contribution in [-0.4, -0.2) is 65.2 Å². The summed E-state index contributed by atoms with van der Waals surface area (Å²) in [6.07, 6.45) is 4.56. The maximum Gasteiger partial charge on any atom is 0.260 e. The second-order valence-electron chi connectivity index (χ2n) is 6.91. The molecule has 150 valence electrons. The molecule has 9 heteroatoms. The molecule has 3 rings (SSSR count). The monoisotopic (exact) mass is 405 g/mol. The van der Waals surface area contributed by atoms with Gasteiger partial charge in [-0.3, -0.25) is 9.78 Å². The molecule has 0 bridgehead atoms. The van der Waals surface area contributed by atoms with Crippen LogP contribution in [-0.2, 0) is 4.79 Å². The van der Waals surface area contributed by atoms with Gasteiger partial charge in [0.1, 0.15) is 17.9 Å². The third kappa shape index (κ3) is 5.69.